The first-order valence-electron chi connectivity index (χ1n) is 12.8. The molecule has 3 atom stereocenters. The van der Waals surface area contributed by atoms with Crippen LogP contribution in [0.4, 0.5) is 9.18 Å². The average molecular weight is 621 g/mol. The number of amides is 1. The number of carbonyl (C=O) groups is 2. The topological polar surface area (TPSA) is 110 Å². The molecular weight excluding hydrogens is 593 g/mol. The lowest BCUT2D eigenvalue weighted by Gasteiger charge is -2.39. The second kappa shape index (κ2) is 10.2. The third-order valence-corrected chi connectivity index (χ3v) is 8.49. The molecule has 0 spiro atoms. The van der Waals surface area contributed by atoms with Crippen molar-refractivity contribution in [3.63, 3.8) is 0 Å². The molecule has 6 rings (SSSR count). The predicted molar refractivity (Wildman–Crippen MR) is 146 cm³/mol. The summed E-state index contributed by atoms with van der Waals surface area (Å²) >= 11 is 9.90. The number of hydrogen-bond acceptors (Lipinski definition) is 7. The van der Waals surface area contributed by atoms with Gasteiger partial charge in [-0.15, -0.1) is 0 Å². The van der Waals surface area contributed by atoms with Crippen molar-refractivity contribution in [3.8, 4) is 6.07 Å². The van der Waals surface area contributed by atoms with E-state index in [4.69, 9.17) is 31.3 Å². The van der Waals surface area contributed by atoms with Gasteiger partial charge in [0, 0.05) is 30.7 Å². The maximum absolute atomic E-state index is 15.6. The number of nitriles is 1. The fourth-order valence-electron chi connectivity index (χ4n) is 5.68. The number of fused-ring (bicyclic) bond motifs is 4. The summed E-state index contributed by atoms with van der Waals surface area (Å²) in [5, 5.41) is 9.67. The second-order valence-electron chi connectivity index (χ2n) is 11.0. The molecule has 1 amide bonds. The van der Waals surface area contributed by atoms with Crippen molar-refractivity contribution < 1.29 is 23.5 Å². The number of pyridine rings is 1. The molecule has 1 saturated carbocycles. The molecule has 39 heavy (non-hydrogen) atoms. The van der Waals surface area contributed by atoms with E-state index in [1.54, 1.807) is 4.90 Å². The molecule has 12 heteroatoms. The summed E-state index contributed by atoms with van der Waals surface area (Å²) in [7, 11) is 1.33. The number of aryl methyl sites for hydroxylation is 2. The minimum Gasteiger partial charge on any atom is -0.469 e. The van der Waals surface area contributed by atoms with Crippen LogP contribution in [0.1, 0.15) is 57.5 Å². The molecule has 4 heterocycles. The number of halogens is 3. The number of benzene rings is 1. The van der Waals surface area contributed by atoms with Crippen LogP contribution in [0.15, 0.2) is 10.5 Å². The molecule has 206 valence electrons. The standard InChI is InChI=1S/C27H28BrClFN5O4/c1-27(2,3)39-26(37)34-12-14-11-16(34)23(14)35-17(7-8-18(36)38-4)32-22-24(35)15-10-13(6-5-9-31)19(28)20(30)21(15)33-25(22)29/h10,14,16,23H,5-8,11-12H2,1-4H3. The molecule has 0 N–H and O–H groups in total. The molecule has 0 radical (unpaired) electrons. The molecule has 3 fully saturated rings. The Morgan fingerprint density at radius 2 is 2.03 bits per heavy atom. The second-order valence-corrected chi connectivity index (χ2v) is 12.1. The fourth-order valence-corrected chi connectivity index (χ4v) is 6.40. The summed E-state index contributed by atoms with van der Waals surface area (Å²) < 4.78 is 28.4. The number of imidazole rings is 1. The van der Waals surface area contributed by atoms with E-state index in [2.05, 4.69) is 27.0 Å². The fraction of sp³-hybridized carbons (Fsp3) is 0.519. The first-order valence-corrected chi connectivity index (χ1v) is 13.9. The third kappa shape index (κ3) is 4.82. The van der Waals surface area contributed by atoms with Crippen molar-refractivity contribution >= 4 is 61.5 Å². The number of rotatable bonds is 6. The van der Waals surface area contributed by atoms with Gasteiger partial charge in [-0.25, -0.2) is 19.2 Å². The molecule has 2 saturated heterocycles. The number of nitrogens with zero attached hydrogens (tertiary/aromatic N) is 5. The van der Waals surface area contributed by atoms with Crippen molar-refractivity contribution in [2.24, 2.45) is 5.92 Å². The van der Waals surface area contributed by atoms with E-state index in [0.29, 0.717) is 40.8 Å². The van der Waals surface area contributed by atoms with Crippen molar-refractivity contribution in [2.75, 3.05) is 13.7 Å². The smallest absolute Gasteiger partial charge is 0.410 e. The Bertz CT molecular complexity index is 1550. The van der Waals surface area contributed by atoms with E-state index in [-0.39, 0.29) is 64.5 Å². The number of esters is 1. The molecule has 9 nitrogen and oxygen atoms in total. The Balaban J connectivity index is 1.69. The largest absolute Gasteiger partial charge is 0.469 e. The molecule has 3 aliphatic rings. The highest BCUT2D eigenvalue weighted by Gasteiger charge is 2.56. The van der Waals surface area contributed by atoms with E-state index in [0.717, 1.165) is 6.42 Å². The molecule has 2 bridgehead atoms. The lowest BCUT2D eigenvalue weighted by Crippen LogP contribution is -2.44. The van der Waals surface area contributed by atoms with Gasteiger partial charge < -0.3 is 18.9 Å². The highest BCUT2D eigenvalue weighted by molar-refractivity contribution is 9.10. The summed E-state index contributed by atoms with van der Waals surface area (Å²) in [5.74, 6) is -0.250. The van der Waals surface area contributed by atoms with Crippen LogP contribution in [0.3, 0.4) is 0 Å². The normalized spacial score (nSPS) is 20.3. The van der Waals surface area contributed by atoms with Gasteiger partial charge in [0.05, 0.1) is 41.7 Å². The summed E-state index contributed by atoms with van der Waals surface area (Å²) in [5.41, 5.74) is 1.07. The van der Waals surface area contributed by atoms with Gasteiger partial charge in [-0.3, -0.25) is 4.79 Å². The molecule has 1 aliphatic carbocycles. The average Bonchev–Trinajstić information content (AvgIpc) is 3.57. The minimum atomic E-state index is -0.632. The van der Waals surface area contributed by atoms with E-state index in [1.807, 2.05) is 31.4 Å². The van der Waals surface area contributed by atoms with Crippen LogP contribution in [0, 0.1) is 23.1 Å². The summed E-state index contributed by atoms with van der Waals surface area (Å²) in [6.45, 7) is 6.00. The van der Waals surface area contributed by atoms with Crippen LogP contribution in [0.25, 0.3) is 21.9 Å². The highest BCUT2D eigenvalue weighted by Crippen LogP contribution is 2.52. The molecule has 3 aromatic rings. The van der Waals surface area contributed by atoms with Crippen LogP contribution < -0.4 is 0 Å². The van der Waals surface area contributed by atoms with Crippen molar-refractivity contribution in [1.82, 2.24) is 19.4 Å². The van der Waals surface area contributed by atoms with Gasteiger partial charge >= 0.3 is 12.1 Å². The van der Waals surface area contributed by atoms with Crippen molar-refractivity contribution in [3.05, 3.63) is 32.9 Å². The van der Waals surface area contributed by atoms with E-state index in [1.165, 1.54) is 7.11 Å². The Morgan fingerprint density at radius 3 is 2.69 bits per heavy atom. The zero-order valence-electron chi connectivity index (χ0n) is 22.1. The Kier molecular flexibility index (Phi) is 7.22. The zero-order chi connectivity index (χ0) is 28.2. The first-order chi connectivity index (χ1) is 18.4. The number of ether oxygens (including phenoxy) is 2. The molecule has 2 aliphatic heterocycles. The van der Waals surface area contributed by atoms with Crippen LogP contribution in [-0.4, -0.2) is 56.8 Å². The maximum Gasteiger partial charge on any atom is 0.410 e. The lowest BCUT2D eigenvalue weighted by molar-refractivity contribution is -0.140. The third-order valence-electron chi connectivity index (χ3n) is 7.37. The first kappa shape index (κ1) is 27.6. The maximum atomic E-state index is 15.6. The number of carbonyl (C=O) groups excluding carboxylic acids is 2. The monoisotopic (exact) mass is 619 g/mol. The quantitative estimate of drug-likeness (QED) is 0.250. The highest BCUT2D eigenvalue weighted by atomic mass is 79.9. The van der Waals surface area contributed by atoms with Crippen molar-refractivity contribution in [1.29, 1.82) is 5.26 Å². The number of hydrogen-bond donors (Lipinski definition) is 0. The zero-order valence-corrected chi connectivity index (χ0v) is 24.4. The van der Waals surface area contributed by atoms with E-state index >= 15 is 4.39 Å². The van der Waals surface area contributed by atoms with Crippen LogP contribution >= 0.6 is 27.5 Å². The van der Waals surface area contributed by atoms with Crippen LogP contribution in [0.5, 0.6) is 0 Å². The van der Waals surface area contributed by atoms with Crippen molar-refractivity contribution in [2.45, 2.75) is 70.6 Å². The van der Waals surface area contributed by atoms with Gasteiger partial charge in [0.15, 0.2) is 11.0 Å². The van der Waals surface area contributed by atoms with Gasteiger partial charge in [0.25, 0.3) is 0 Å². The van der Waals surface area contributed by atoms with Crippen LogP contribution in [0.2, 0.25) is 5.15 Å². The van der Waals surface area contributed by atoms with Gasteiger partial charge in [0.1, 0.15) is 22.5 Å². The predicted octanol–water partition coefficient (Wildman–Crippen LogP) is 5.88. The van der Waals surface area contributed by atoms with Gasteiger partial charge in [-0.05, 0) is 61.2 Å². The lowest BCUT2D eigenvalue weighted by atomic mass is 9.79. The Morgan fingerprint density at radius 1 is 1.28 bits per heavy atom. The molecule has 3 unspecified atom stereocenters. The summed E-state index contributed by atoms with van der Waals surface area (Å²) in [4.78, 5) is 35.9. The minimum absolute atomic E-state index is 0.0433. The Labute approximate surface area is 238 Å². The van der Waals surface area contributed by atoms with Gasteiger partial charge in [-0.1, -0.05) is 11.6 Å². The summed E-state index contributed by atoms with van der Waals surface area (Å²) in [6, 6.07) is 3.61. The van der Waals surface area contributed by atoms with Gasteiger partial charge in [-0.2, -0.15) is 5.26 Å². The van der Waals surface area contributed by atoms with Crippen LogP contribution in [-0.2, 0) is 27.1 Å². The molecule has 1 aromatic carbocycles. The van der Waals surface area contributed by atoms with E-state index in [9.17, 15) is 9.59 Å². The van der Waals surface area contributed by atoms with Gasteiger partial charge in [0.2, 0.25) is 0 Å². The Hall–Kier alpha value is -2.97. The number of aromatic nitrogens is 3. The van der Waals surface area contributed by atoms with E-state index < -0.39 is 11.4 Å². The SMILES string of the molecule is COC(=O)CCc1nc2c(Cl)nc3c(F)c(Br)c(CCC#N)cc3c2n1C1C2CC1N(C(=O)OC(C)(C)C)C2. The summed E-state index contributed by atoms with van der Waals surface area (Å²) in [6.07, 6.45) is 1.34. The molecular formula is C27H28BrClFN5O4. The molecule has 2 aromatic heterocycles. The number of methoxy groups -OCH3 is 1.